The Hall–Kier alpha value is 0.812. The normalized spacial score (nSPS) is 16.3. The molecule has 0 atom stereocenters. The topological polar surface area (TPSA) is 23.1 Å². The molecule has 1 aromatic rings. The van der Waals surface area contributed by atoms with E-state index in [-0.39, 0.29) is 68.9 Å². The first-order valence-electron chi connectivity index (χ1n) is 4.82. The number of benzene rings is 1. The molecule has 0 radical (unpaired) electrons. The number of hydrogen-bond donors (Lipinski definition) is 0. The van der Waals surface area contributed by atoms with Crippen LogP contribution in [0.15, 0.2) is 36.1 Å². The van der Waals surface area contributed by atoms with Gasteiger partial charge in [-0.3, -0.25) is 0 Å². The Balaban J connectivity index is 0.000000980. The van der Waals surface area contributed by atoms with Crippen LogP contribution in [0.2, 0.25) is 0 Å². The van der Waals surface area contributed by atoms with Crippen LogP contribution >= 0.6 is 0 Å². The van der Waals surface area contributed by atoms with Gasteiger partial charge in [0.2, 0.25) is 0 Å². The quantitative estimate of drug-likeness (QED) is 0.675. The van der Waals surface area contributed by atoms with Crippen LogP contribution in [0.5, 0.6) is 0 Å². The molecule has 0 amide bonds. The summed E-state index contributed by atoms with van der Waals surface area (Å²) in [5.41, 5.74) is 2.15. The van der Waals surface area contributed by atoms with E-state index in [0.717, 1.165) is 36.8 Å². The van der Waals surface area contributed by atoms with Crippen LogP contribution in [0.4, 0.5) is 0 Å². The maximum atomic E-state index is 11.6. The van der Waals surface area contributed by atoms with Crippen molar-refractivity contribution in [2.24, 2.45) is 0 Å². The molecule has 0 unspecified atom stereocenters. The van der Waals surface area contributed by atoms with Crippen LogP contribution in [-0.4, -0.2) is 0 Å². The zero-order valence-electron chi connectivity index (χ0n) is 8.62. The Kier molecular flexibility index (Phi) is 5.89. The van der Waals surface area contributed by atoms with Gasteiger partial charge in [-0.15, -0.1) is 5.76 Å². The van der Waals surface area contributed by atoms with E-state index >= 15 is 0 Å². The first kappa shape index (κ1) is 12.9. The minimum Gasteiger partial charge on any atom is -0.875 e. The van der Waals surface area contributed by atoms with Gasteiger partial charge in [0.1, 0.15) is 0 Å². The van der Waals surface area contributed by atoms with E-state index in [1.807, 2.05) is 30.3 Å². The summed E-state index contributed by atoms with van der Waals surface area (Å²) in [7, 11) is 0. The van der Waals surface area contributed by atoms with Crippen LogP contribution < -0.4 is 74.0 Å². The largest absolute Gasteiger partial charge is 1.00 e. The third-order valence-corrected chi connectivity index (χ3v) is 2.54. The molecule has 0 fully saturated rings. The van der Waals surface area contributed by atoms with Gasteiger partial charge in [-0.05, 0) is 24.8 Å². The molecule has 14 heavy (non-hydrogen) atoms. The zero-order valence-corrected chi connectivity index (χ0v) is 14.9. The summed E-state index contributed by atoms with van der Waals surface area (Å²) >= 11 is 0. The van der Waals surface area contributed by atoms with Crippen LogP contribution in [0.1, 0.15) is 31.2 Å². The first-order valence-corrected chi connectivity index (χ1v) is 4.82. The van der Waals surface area contributed by atoms with Gasteiger partial charge in [0.25, 0.3) is 0 Å². The molecule has 0 N–H and O–H groups in total. The summed E-state index contributed by atoms with van der Waals surface area (Å²) in [6.07, 6.45) is 3.93. The minimum atomic E-state index is 0. The zero-order chi connectivity index (χ0) is 9.10. The van der Waals surface area contributed by atoms with Crippen molar-refractivity contribution >= 4 is 5.57 Å². The number of allylic oxidation sites excluding steroid dienone is 2. The Labute approximate surface area is 144 Å². The predicted molar refractivity (Wildman–Crippen MR) is 51.8 cm³/mol. The van der Waals surface area contributed by atoms with E-state index in [2.05, 4.69) is 0 Å². The van der Waals surface area contributed by atoms with E-state index in [1.165, 1.54) is 0 Å². The predicted octanol–water partition coefficient (Wildman–Crippen LogP) is -0.664. The molecule has 1 aliphatic carbocycles. The smallest absolute Gasteiger partial charge is 0.875 e. The molecule has 1 nitrogen and oxygen atoms in total. The second-order valence-electron chi connectivity index (χ2n) is 3.47. The summed E-state index contributed by atoms with van der Waals surface area (Å²) < 4.78 is 0. The minimum absolute atomic E-state index is 0. The average Bonchev–Trinajstić information content (AvgIpc) is 2.20. The first-order chi connectivity index (χ1) is 6.38. The molecule has 1 aromatic carbocycles. The average molecular weight is 306 g/mol. The van der Waals surface area contributed by atoms with Gasteiger partial charge < -0.3 is 5.11 Å². The van der Waals surface area contributed by atoms with Crippen molar-refractivity contribution in [1.29, 1.82) is 0 Å². The third kappa shape index (κ3) is 3.15. The molecule has 0 bridgehead atoms. The molecule has 2 heteroatoms. The summed E-state index contributed by atoms with van der Waals surface area (Å²) in [6, 6.07) is 10.0. The van der Waals surface area contributed by atoms with Crippen molar-refractivity contribution in [3.05, 3.63) is 41.7 Å². The van der Waals surface area contributed by atoms with E-state index < -0.39 is 0 Å². The van der Waals surface area contributed by atoms with Crippen molar-refractivity contribution in [1.82, 2.24) is 0 Å². The second-order valence-corrected chi connectivity index (χ2v) is 3.47. The van der Waals surface area contributed by atoms with Gasteiger partial charge in [0.05, 0.1) is 0 Å². The summed E-state index contributed by atoms with van der Waals surface area (Å²) in [6.45, 7) is 0. The van der Waals surface area contributed by atoms with Crippen LogP contribution in [0.25, 0.3) is 5.57 Å². The van der Waals surface area contributed by atoms with Crippen LogP contribution in [0, 0.1) is 0 Å². The van der Waals surface area contributed by atoms with E-state index in [4.69, 9.17) is 0 Å². The van der Waals surface area contributed by atoms with Crippen LogP contribution in [-0.2, 0) is 0 Å². The van der Waals surface area contributed by atoms with Gasteiger partial charge in [-0.1, -0.05) is 42.3 Å². The van der Waals surface area contributed by atoms with Gasteiger partial charge in [-0.25, -0.2) is 0 Å². The van der Waals surface area contributed by atoms with Crippen molar-refractivity contribution in [3.63, 3.8) is 0 Å². The molecule has 68 valence electrons. The SMILES string of the molecule is [Cs+].[O-]C1=C(c2ccccc2)CCCC1. The molecule has 0 spiro atoms. The van der Waals surface area contributed by atoms with Gasteiger partial charge >= 0.3 is 68.9 Å². The monoisotopic (exact) mass is 306 g/mol. The summed E-state index contributed by atoms with van der Waals surface area (Å²) in [5, 5.41) is 11.6. The molecule has 2 rings (SSSR count). The number of hydrogen-bond acceptors (Lipinski definition) is 1. The molecule has 0 heterocycles. The third-order valence-electron chi connectivity index (χ3n) is 2.54. The van der Waals surface area contributed by atoms with Crippen molar-refractivity contribution in [2.45, 2.75) is 25.7 Å². The summed E-state index contributed by atoms with van der Waals surface area (Å²) in [4.78, 5) is 0. The molecule has 0 saturated carbocycles. The van der Waals surface area contributed by atoms with Crippen molar-refractivity contribution in [3.8, 4) is 0 Å². The Morgan fingerprint density at radius 3 is 2.21 bits per heavy atom. The van der Waals surface area contributed by atoms with Crippen LogP contribution in [0.3, 0.4) is 0 Å². The Bertz CT molecular complexity index is 316. The maximum Gasteiger partial charge on any atom is 1.00 e. The van der Waals surface area contributed by atoms with E-state index in [9.17, 15) is 5.11 Å². The van der Waals surface area contributed by atoms with Crippen molar-refractivity contribution < 1.29 is 74.0 Å². The summed E-state index contributed by atoms with van der Waals surface area (Å²) in [5.74, 6) is 0.345. The standard InChI is InChI=1S/C12H14O.Cs/c13-12-9-5-4-8-11(12)10-6-2-1-3-7-10;/h1-3,6-7,13H,4-5,8-9H2;/q;+1/p-1. The number of rotatable bonds is 1. The van der Waals surface area contributed by atoms with Crippen molar-refractivity contribution in [2.75, 3.05) is 0 Å². The van der Waals surface area contributed by atoms with E-state index in [1.54, 1.807) is 0 Å². The molecular weight excluding hydrogens is 293 g/mol. The van der Waals surface area contributed by atoms with Gasteiger partial charge in [-0.2, -0.15) is 0 Å². The molecule has 1 aliphatic rings. The molecule has 0 aliphatic heterocycles. The molecule has 0 aromatic heterocycles. The fourth-order valence-corrected chi connectivity index (χ4v) is 1.82. The maximum absolute atomic E-state index is 11.6. The fraction of sp³-hybridized carbons (Fsp3) is 0.333. The van der Waals surface area contributed by atoms with Gasteiger partial charge in [0, 0.05) is 0 Å². The Morgan fingerprint density at radius 1 is 0.929 bits per heavy atom. The van der Waals surface area contributed by atoms with Gasteiger partial charge in [0.15, 0.2) is 0 Å². The molecular formula is C12H13CsO. The fourth-order valence-electron chi connectivity index (χ4n) is 1.82. The second kappa shape index (κ2) is 6.41. The Morgan fingerprint density at radius 2 is 1.57 bits per heavy atom. The molecule has 0 saturated heterocycles. The van der Waals surface area contributed by atoms with E-state index in [0.29, 0.717) is 5.76 Å².